The van der Waals surface area contributed by atoms with Crippen LogP contribution >= 0.6 is 0 Å². The predicted molar refractivity (Wildman–Crippen MR) is 107 cm³/mol. The second-order valence-electron chi connectivity index (χ2n) is 6.83. The number of benzene rings is 1. The minimum atomic E-state index is -0.0934. The number of pyridine rings is 1. The fraction of sp³-hybridized carbons (Fsp3) is 0.429. The van der Waals surface area contributed by atoms with Gasteiger partial charge in [-0.2, -0.15) is 0 Å². The van der Waals surface area contributed by atoms with Gasteiger partial charge in [0.15, 0.2) is 0 Å². The van der Waals surface area contributed by atoms with Crippen LogP contribution in [-0.2, 0) is 12.8 Å². The minimum Gasteiger partial charge on any atom is -0.368 e. The number of aryl methyl sites for hydroxylation is 2. The van der Waals surface area contributed by atoms with Crippen molar-refractivity contribution in [2.24, 2.45) is 0 Å². The summed E-state index contributed by atoms with van der Waals surface area (Å²) < 4.78 is 0. The smallest absolute Gasteiger partial charge is 0.257 e. The van der Waals surface area contributed by atoms with E-state index in [2.05, 4.69) is 59.2 Å². The summed E-state index contributed by atoms with van der Waals surface area (Å²) in [7, 11) is 2.13. The fourth-order valence-corrected chi connectivity index (χ4v) is 3.38. The van der Waals surface area contributed by atoms with Crippen LogP contribution in [0.3, 0.4) is 0 Å². The number of aromatic nitrogens is 1. The standard InChI is InChI=1S/C21H28N4O/c1-4-16-7-6-8-17(5-2)20(16)23-21(26)18-13-19(15-22-14-18)25-11-9-24(3)10-12-25/h6-8,13-15H,4-5,9-12H2,1-3H3,(H,23,26). The first-order chi connectivity index (χ1) is 12.6. The molecule has 0 atom stereocenters. The molecule has 5 nitrogen and oxygen atoms in total. The van der Waals surface area contributed by atoms with Gasteiger partial charge in [0.1, 0.15) is 0 Å². The number of carbonyl (C=O) groups excluding carboxylic acids is 1. The molecule has 2 heterocycles. The first kappa shape index (κ1) is 18.4. The van der Waals surface area contributed by atoms with E-state index < -0.39 is 0 Å². The molecule has 5 heteroatoms. The van der Waals surface area contributed by atoms with Crippen LogP contribution in [0.25, 0.3) is 0 Å². The summed E-state index contributed by atoms with van der Waals surface area (Å²) in [6.45, 7) is 8.20. The SMILES string of the molecule is CCc1cccc(CC)c1NC(=O)c1cncc(N2CCN(C)CC2)c1. The van der Waals surface area contributed by atoms with Crippen molar-refractivity contribution < 1.29 is 4.79 Å². The average Bonchev–Trinajstić information content (AvgIpc) is 2.68. The highest BCUT2D eigenvalue weighted by Crippen LogP contribution is 2.24. The molecule has 1 aliphatic rings. The van der Waals surface area contributed by atoms with Crippen LogP contribution in [0.15, 0.2) is 36.7 Å². The average molecular weight is 352 g/mol. The van der Waals surface area contributed by atoms with Gasteiger partial charge in [-0.05, 0) is 37.1 Å². The topological polar surface area (TPSA) is 48.5 Å². The predicted octanol–water partition coefficient (Wildman–Crippen LogP) is 3.21. The van der Waals surface area contributed by atoms with Crippen molar-refractivity contribution in [3.05, 3.63) is 53.3 Å². The van der Waals surface area contributed by atoms with Gasteiger partial charge in [0, 0.05) is 38.1 Å². The summed E-state index contributed by atoms with van der Waals surface area (Å²) in [5, 5.41) is 3.13. The van der Waals surface area contributed by atoms with Crippen molar-refractivity contribution in [2.45, 2.75) is 26.7 Å². The van der Waals surface area contributed by atoms with Crippen LogP contribution < -0.4 is 10.2 Å². The van der Waals surface area contributed by atoms with Crippen LogP contribution in [0.1, 0.15) is 35.3 Å². The van der Waals surface area contributed by atoms with Gasteiger partial charge >= 0.3 is 0 Å². The largest absolute Gasteiger partial charge is 0.368 e. The number of carbonyl (C=O) groups is 1. The van der Waals surface area contributed by atoms with E-state index in [-0.39, 0.29) is 5.91 Å². The summed E-state index contributed by atoms with van der Waals surface area (Å²) in [5.41, 5.74) is 4.91. The number of likely N-dealkylation sites (N-methyl/N-ethyl adjacent to an activating group) is 1. The molecular weight excluding hydrogens is 324 g/mol. The number of hydrogen-bond acceptors (Lipinski definition) is 4. The number of hydrogen-bond donors (Lipinski definition) is 1. The summed E-state index contributed by atoms with van der Waals surface area (Å²) in [6, 6.07) is 8.16. The Morgan fingerprint density at radius 3 is 2.35 bits per heavy atom. The van der Waals surface area contributed by atoms with E-state index in [1.165, 1.54) is 11.1 Å². The Morgan fingerprint density at radius 2 is 1.73 bits per heavy atom. The zero-order chi connectivity index (χ0) is 18.5. The Labute approximate surface area is 156 Å². The Bertz CT molecular complexity index is 744. The Kier molecular flexibility index (Phi) is 5.89. The van der Waals surface area contributed by atoms with E-state index in [0.717, 1.165) is 50.4 Å². The number of piperazine rings is 1. The van der Waals surface area contributed by atoms with Gasteiger partial charge in [0.25, 0.3) is 5.91 Å². The van der Waals surface area contributed by atoms with Gasteiger partial charge in [-0.25, -0.2) is 0 Å². The molecule has 1 N–H and O–H groups in total. The van der Waals surface area contributed by atoms with Gasteiger partial charge in [-0.3, -0.25) is 9.78 Å². The summed E-state index contributed by atoms with van der Waals surface area (Å²) in [5.74, 6) is -0.0934. The van der Waals surface area contributed by atoms with Gasteiger partial charge < -0.3 is 15.1 Å². The highest BCUT2D eigenvalue weighted by Gasteiger charge is 2.17. The number of para-hydroxylation sites is 1. The van der Waals surface area contributed by atoms with E-state index >= 15 is 0 Å². The molecule has 0 radical (unpaired) electrons. The lowest BCUT2D eigenvalue weighted by molar-refractivity contribution is 0.102. The van der Waals surface area contributed by atoms with Gasteiger partial charge in [0.2, 0.25) is 0 Å². The van der Waals surface area contributed by atoms with Gasteiger partial charge in [0.05, 0.1) is 17.4 Å². The molecule has 1 aliphatic heterocycles. The molecule has 1 amide bonds. The second kappa shape index (κ2) is 8.32. The van der Waals surface area contributed by atoms with Crippen LogP contribution in [0, 0.1) is 0 Å². The van der Waals surface area contributed by atoms with Crippen molar-refractivity contribution in [1.82, 2.24) is 9.88 Å². The van der Waals surface area contributed by atoms with Crippen molar-refractivity contribution in [2.75, 3.05) is 43.4 Å². The van der Waals surface area contributed by atoms with Crippen molar-refractivity contribution in [3.63, 3.8) is 0 Å². The number of rotatable bonds is 5. The fourth-order valence-electron chi connectivity index (χ4n) is 3.38. The first-order valence-electron chi connectivity index (χ1n) is 9.43. The summed E-state index contributed by atoms with van der Waals surface area (Å²) in [4.78, 5) is 21.8. The molecule has 0 bridgehead atoms. The lowest BCUT2D eigenvalue weighted by Gasteiger charge is -2.33. The molecule has 1 aromatic carbocycles. The van der Waals surface area contributed by atoms with Crippen LogP contribution in [0.2, 0.25) is 0 Å². The molecule has 1 saturated heterocycles. The maximum atomic E-state index is 12.9. The van der Waals surface area contributed by atoms with Crippen molar-refractivity contribution in [3.8, 4) is 0 Å². The third-order valence-electron chi connectivity index (χ3n) is 5.09. The number of anilines is 2. The van der Waals surface area contributed by atoms with Crippen LogP contribution in [0.5, 0.6) is 0 Å². The number of nitrogens with one attached hydrogen (secondary N) is 1. The van der Waals surface area contributed by atoms with Gasteiger partial charge in [-0.1, -0.05) is 32.0 Å². The summed E-state index contributed by atoms with van der Waals surface area (Å²) in [6.07, 6.45) is 5.28. The molecule has 26 heavy (non-hydrogen) atoms. The zero-order valence-electron chi connectivity index (χ0n) is 16.0. The quantitative estimate of drug-likeness (QED) is 0.898. The van der Waals surface area contributed by atoms with E-state index in [4.69, 9.17) is 0 Å². The lowest BCUT2D eigenvalue weighted by Crippen LogP contribution is -2.44. The zero-order valence-corrected chi connectivity index (χ0v) is 16.0. The molecule has 0 unspecified atom stereocenters. The number of amides is 1. The molecule has 0 aliphatic carbocycles. The monoisotopic (exact) mass is 352 g/mol. The lowest BCUT2D eigenvalue weighted by atomic mass is 10.0. The van der Waals surface area contributed by atoms with E-state index in [0.29, 0.717) is 5.56 Å². The Morgan fingerprint density at radius 1 is 1.08 bits per heavy atom. The molecule has 3 rings (SSSR count). The minimum absolute atomic E-state index is 0.0934. The molecule has 138 valence electrons. The van der Waals surface area contributed by atoms with Crippen molar-refractivity contribution in [1.29, 1.82) is 0 Å². The van der Waals surface area contributed by atoms with Crippen molar-refractivity contribution >= 4 is 17.3 Å². The van der Waals surface area contributed by atoms with Crippen LogP contribution in [-0.4, -0.2) is 49.0 Å². The molecule has 2 aromatic rings. The van der Waals surface area contributed by atoms with Gasteiger partial charge in [-0.15, -0.1) is 0 Å². The maximum absolute atomic E-state index is 12.9. The molecule has 1 aromatic heterocycles. The third kappa shape index (κ3) is 4.05. The van der Waals surface area contributed by atoms with E-state index in [1.807, 2.05) is 12.3 Å². The molecule has 1 fully saturated rings. The molecular formula is C21H28N4O. The maximum Gasteiger partial charge on any atom is 0.257 e. The first-order valence-corrected chi connectivity index (χ1v) is 9.43. The van der Waals surface area contributed by atoms with E-state index in [9.17, 15) is 4.79 Å². The number of nitrogens with zero attached hydrogens (tertiary/aromatic N) is 3. The highest BCUT2D eigenvalue weighted by atomic mass is 16.1. The molecule has 0 spiro atoms. The Hall–Kier alpha value is -2.40. The normalized spacial score (nSPS) is 15.1. The molecule has 0 saturated carbocycles. The second-order valence-corrected chi connectivity index (χ2v) is 6.83. The van der Waals surface area contributed by atoms with Crippen LogP contribution in [0.4, 0.5) is 11.4 Å². The Balaban J connectivity index is 1.80. The summed E-state index contributed by atoms with van der Waals surface area (Å²) >= 11 is 0. The third-order valence-corrected chi connectivity index (χ3v) is 5.09. The highest BCUT2D eigenvalue weighted by molar-refractivity contribution is 6.05. The van der Waals surface area contributed by atoms with E-state index in [1.54, 1.807) is 6.20 Å².